The molecule has 1 amide bonds. The molecule has 0 aliphatic carbocycles. The molecule has 2 unspecified atom stereocenters. The summed E-state index contributed by atoms with van der Waals surface area (Å²) in [5.74, 6) is 0.463. The highest BCUT2D eigenvalue weighted by atomic mass is 35.5. The second kappa shape index (κ2) is 9.27. The second-order valence-corrected chi connectivity index (χ2v) is 7.62. The van der Waals surface area contributed by atoms with Gasteiger partial charge in [0.2, 0.25) is 5.91 Å². The maximum Gasteiger partial charge on any atom is 0.230 e. The molecule has 3 rings (SSSR count). The Morgan fingerprint density at radius 2 is 1.88 bits per heavy atom. The van der Waals surface area contributed by atoms with Gasteiger partial charge in [0.25, 0.3) is 0 Å². The molecule has 1 N–H and O–H groups in total. The predicted octanol–water partition coefficient (Wildman–Crippen LogP) is 4.46. The predicted molar refractivity (Wildman–Crippen MR) is 104 cm³/mol. The van der Waals surface area contributed by atoms with Crippen LogP contribution in [0.3, 0.4) is 0 Å². The third kappa shape index (κ3) is 5.50. The zero-order valence-corrected chi connectivity index (χ0v) is 15.6. The van der Waals surface area contributed by atoms with E-state index in [9.17, 15) is 4.79 Å². The zero-order valence-electron chi connectivity index (χ0n) is 14.0. The summed E-state index contributed by atoms with van der Waals surface area (Å²) >= 11 is 7.64. The van der Waals surface area contributed by atoms with Gasteiger partial charge in [-0.15, -0.1) is 11.8 Å². The van der Waals surface area contributed by atoms with E-state index in [0.29, 0.717) is 12.3 Å². The zero-order chi connectivity index (χ0) is 17.5. The van der Waals surface area contributed by atoms with Gasteiger partial charge in [0.1, 0.15) is 0 Å². The van der Waals surface area contributed by atoms with E-state index in [0.717, 1.165) is 30.0 Å². The van der Waals surface area contributed by atoms with Gasteiger partial charge in [-0.3, -0.25) is 4.79 Å². The Hall–Kier alpha value is -1.49. The molecular weight excluding hydrogens is 354 g/mol. The van der Waals surface area contributed by atoms with Crippen LogP contribution < -0.4 is 5.32 Å². The third-order valence-electron chi connectivity index (χ3n) is 4.21. The van der Waals surface area contributed by atoms with Gasteiger partial charge in [0, 0.05) is 18.2 Å². The lowest BCUT2D eigenvalue weighted by atomic mass is 10.0. The van der Waals surface area contributed by atoms with Crippen molar-refractivity contribution in [2.45, 2.75) is 24.2 Å². The van der Waals surface area contributed by atoms with Crippen LogP contribution >= 0.6 is 23.4 Å². The van der Waals surface area contributed by atoms with Crippen molar-refractivity contribution in [1.82, 2.24) is 5.32 Å². The van der Waals surface area contributed by atoms with Crippen LogP contribution in [0.5, 0.6) is 0 Å². The summed E-state index contributed by atoms with van der Waals surface area (Å²) in [6, 6.07) is 18.1. The normalized spacial score (nSPS) is 18.0. The summed E-state index contributed by atoms with van der Waals surface area (Å²) in [5.41, 5.74) is 2.33. The molecule has 2 aromatic carbocycles. The average molecular weight is 376 g/mol. The lowest BCUT2D eigenvalue weighted by Crippen LogP contribution is -2.33. The van der Waals surface area contributed by atoms with Gasteiger partial charge in [-0.05, 0) is 36.1 Å². The van der Waals surface area contributed by atoms with Crippen LogP contribution in [0.1, 0.15) is 29.2 Å². The molecule has 1 fully saturated rings. The minimum atomic E-state index is 0.0513. The van der Waals surface area contributed by atoms with E-state index in [1.807, 2.05) is 42.5 Å². The van der Waals surface area contributed by atoms with Crippen molar-refractivity contribution in [1.29, 1.82) is 0 Å². The van der Waals surface area contributed by atoms with Crippen molar-refractivity contribution < 1.29 is 9.53 Å². The standard InChI is InChI=1S/C20H22ClNO2S/c21-17-10-8-16(9-11-17)20(15-5-2-1-3-6-15)25-14-19(23)22-13-18-7-4-12-24-18/h1-3,5-6,8-11,18,20H,4,7,12-14H2,(H,22,23). The molecule has 5 heteroatoms. The Kier molecular flexibility index (Phi) is 6.79. The van der Waals surface area contributed by atoms with Gasteiger partial charge in [-0.25, -0.2) is 0 Å². The van der Waals surface area contributed by atoms with E-state index >= 15 is 0 Å². The molecule has 0 bridgehead atoms. The lowest BCUT2D eigenvalue weighted by molar-refractivity contribution is -0.119. The van der Waals surface area contributed by atoms with Gasteiger partial charge < -0.3 is 10.1 Å². The first-order valence-corrected chi connectivity index (χ1v) is 9.95. The summed E-state index contributed by atoms with van der Waals surface area (Å²) in [6.45, 7) is 1.41. The minimum Gasteiger partial charge on any atom is -0.376 e. The van der Waals surface area contributed by atoms with Crippen molar-refractivity contribution in [3.8, 4) is 0 Å². The third-order valence-corrected chi connectivity index (χ3v) is 5.77. The highest BCUT2D eigenvalue weighted by Crippen LogP contribution is 2.35. The van der Waals surface area contributed by atoms with Crippen molar-refractivity contribution in [3.05, 3.63) is 70.7 Å². The van der Waals surface area contributed by atoms with E-state index in [4.69, 9.17) is 16.3 Å². The summed E-state index contributed by atoms with van der Waals surface area (Å²) in [5, 5.41) is 3.81. The van der Waals surface area contributed by atoms with Gasteiger partial charge in [0.15, 0.2) is 0 Å². The minimum absolute atomic E-state index is 0.0513. The Balaban J connectivity index is 1.61. The highest BCUT2D eigenvalue weighted by Gasteiger charge is 2.19. The van der Waals surface area contributed by atoms with Crippen LogP contribution in [0.4, 0.5) is 0 Å². The van der Waals surface area contributed by atoms with Crippen molar-refractivity contribution in [2.75, 3.05) is 18.9 Å². The van der Waals surface area contributed by atoms with Crippen LogP contribution in [0.15, 0.2) is 54.6 Å². The Bertz CT molecular complexity index is 672. The summed E-state index contributed by atoms with van der Waals surface area (Å²) in [7, 11) is 0. The Morgan fingerprint density at radius 1 is 1.16 bits per heavy atom. The van der Waals surface area contributed by atoms with Crippen LogP contribution in [0.2, 0.25) is 5.02 Å². The number of nitrogens with one attached hydrogen (secondary N) is 1. The lowest BCUT2D eigenvalue weighted by Gasteiger charge is -2.18. The number of ether oxygens (including phenoxy) is 1. The van der Waals surface area contributed by atoms with Gasteiger partial charge in [-0.2, -0.15) is 0 Å². The molecule has 1 aliphatic rings. The number of benzene rings is 2. The van der Waals surface area contributed by atoms with E-state index < -0.39 is 0 Å². The quantitative estimate of drug-likeness (QED) is 0.776. The largest absolute Gasteiger partial charge is 0.376 e. The van der Waals surface area contributed by atoms with E-state index in [-0.39, 0.29) is 17.3 Å². The molecule has 0 aromatic heterocycles. The summed E-state index contributed by atoms with van der Waals surface area (Å²) in [4.78, 5) is 12.2. The van der Waals surface area contributed by atoms with Crippen molar-refractivity contribution in [3.63, 3.8) is 0 Å². The number of halogens is 1. The van der Waals surface area contributed by atoms with Gasteiger partial charge in [-0.1, -0.05) is 54.1 Å². The first-order chi connectivity index (χ1) is 12.2. The Labute approximate surface area is 158 Å². The number of amides is 1. The molecular formula is C20H22ClNO2S. The van der Waals surface area contributed by atoms with Crippen LogP contribution in [0, 0.1) is 0 Å². The first kappa shape index (κ1) is 18.3. The topological polar surface area (TPSA) is 38.3 Å². The van der Waals surface area contributed by atoms with Gasteiger partial charge >= 0.3 is 0 Å². The number of thioether (sulfide) groups is 1. The average Bonchev–Trinajstić information content (AvgIpc) is 3.16. The molecule has 3 nitrogen and oxygen atoms in total. The fourth-order valence-corrected chi connectivity index (χ4v) is 4.14. The Morgan fingerprint density at radius 3 is 2.56 bits per heavy atom. The van der Waals surface area contributed by atoms with Gasteiger partial charge in [0.05, 0.1) is 17.1 Å². The number of carbonyl (C=O) groups excluding carboxylic acids is 1. The molecule has 1 heterocycles. The highest BCUT2D eigenvalue weighted by molar-refractivity contribution is 8.00. The molecule has 0 spiro atoms. The summed E-state index contributed by atoms with van der Waals surface area (Å²) < 4.78 is 5.54. The second-order valence-electron chi connectivity index (χ2n) is 6.09. The molecule has 1 saturated heterocycles. The first-order valence-electron chi connectivity index (χ1n) is 8.52. The van der Waals surface area contributed by atoms with E-state index in [1.165, 1.54) is 5.56 Å². The fraction of sp³-hybridized carbons (Fsp3) is 0.350. The molecule has 132 valence electrons. The number of hydrogen-bond acceptors (Lipinski definition) is 3. The molecule has 1 aliphatic heterocycles. The van der Waals surface area contributed by atoms with E-state index in [2.05, 4.69) is 17.4 Å². The molecule has 0 saturated carbocycles. The van der Waals surface area contributed by atoms with E-state index in [1.54, 1.807) is 11.8 Å². The maximum absolute atomic E-state index is 12.2. The molecule has 2 aromatic rings. The number of rotatable bonds is 7. The monoisotopic (exact) mass is 375 g/mol. The molecule has 25 heavy (non-hydrogen) atoms. The van der Waals surface area contributed by atoms with Crippen LogP contribution in [-0.4, -0.2) is 30.9 Å². The number of hydrogen-bond donors (Lipinski definition) is 1. The molecule has 2 atom stereocenters. The summed E-state index contributed by atoms with van der Waals surface area (Å²) in [6.07, 6.45) is 2.29. The van der Waals surface area contributed by atoms with Crippen molar-refractivity contribution >= 4 is 29.3 Å². The molecule has 0 radical (unpaired) electrons. The smallest absolute Gasteiger partial charge is 0.230 e. The fourth-order valence-electron chi connectivity index (χ4n) is 2.89. The van der Waals surface area contributed by atoms with Crippen LogP contribution in [-0.2, 0) is 9.53 Å². The SMILES string of the molecule is O=C(CSC(c1ccccc1)c1ccc(Cl)cc1)NCC1CCCO1. The van der Waals surface area contributed by atoms with Crippen molar-refractivity contribution in [2.24, 2.45) is 0 Å². The maximum atomic E-state index is 12.2. The number of carbonyl (C=O) groups is 1. The van der Waals surface area contributed by atoms with Crippen LogP contribution in [0.25, 0.3) is 0 Å².